The van der Waals surface area contributed by atoms with Crippen LogP contribution in [-0.2, 0) is 35.9 Å². The number of nitrogens with one attached hydrogen (secondary N) is 1. The predicted molar refractivity (Wildman–Crippen MR) is 90.7 cm³/mol. The highest BCUT2D eigenvalue weighted by Gasteiger charge is 2.16. The average Bonchev–Trinajstić information content (AvgIpc) is 3.00. The van der Waals surface area contributed by atoms with E-state index in [0.29, 0.717) is 10.8 Å². The number of thiazole rings is 1. The number of hydrogen-bond donors (Lipinski definition) is 1. The third-order valence-electron chi connectivity index (χ3n) is 3.49. The Bertz CT molecular complexity index is 663. The summed E-state index contributed by atoms with van der Waals surface area (Å²) in [6.45, 7) is 0.730. The van der Waals surface area contributed by atoms with Crippen LogP contribution in [-0.4, -0.2) is 15.4 Å². The maximum absolute atomic E-state index is 11.4. The van der Waals surface area contributed by atoms with Gasteiger partial charge in [0.2, 0.25) is 0 Å². The molecule has 0 bridgehead atoms. The fraction of sp³-hybridized carbons (Fsp3) is 0.400. The first-order valence-electron chi connectivity index (χ1n) is 6.91. The molecule has 1 heterocycles. The van der Waals surface area contributed by atoms with Gasteiger partial charge in [-0.3, -0.25) is 4.21 Å². The number of halogens is 1. The van der Waals surface area contributed by atoms with Crippen LogP contribution in [0.2, 0.25) is 5.02 Å². The van der Waals surface area contributed by atoms with Gasteiger partial charge in [0.25, 0.3) is 0 Å². The van der Waals surface area contributed by atoms with E-state index >= 15 is 0 Å². The summed E-state index contributed by atoms with van der Waals surface area (Å²) in [5.74, 6) is 0.486. The Morgan fingerprint density at radius 2 is 2.29 bits per heavy atom. The predicted octanol–water partition coefficient (Wildman–Crippen LogP) is 3.78. The minimum Gasteiger partial charge on any atom is -0.379 e. The van der Waals surface area contributed by atoms with Crippen molar-refractivity contribution in [2.75, 3.05) is 11.6 Å². The second-order valence-corrected chi connectivity index (χ2v) is 8.22. The summed E-state index contributed by atoms with van der Waals surface area (Å²) < 4.78 is 11.4. The highest BCUT2D eigenvalue weighted by atomic mass is 35.5. The number of anilines is 1. The number of benzene rings is 1. The lowest BCUT2D eigenvalue weighted by molar-refractivity contribution is 0.686. The lowest BCUT2D eigenvalue weighted by atomic mass is 10.2. The molecule has 1 aromatic heterocycles. The lowest BCUT2D eigenvalue weighted by Gasteiger charge is -2.08. The van der Waals surface area contributed by atoms with E-state index in [-0.39, 0.29) is 0 Å². The Hall–Kier alpha value is -0.910. The molecule has 2 aromatic rings. The molecule has 3 nitrogen and oxygen atoms in total. The molecule has 0 radical (unpaired) electrons. The Balaban J connectivity index is 1.68. The van der Waals surface area contributed by atoms with Gasteiger partial charge in [0.1, 0.15) is 5.01 Å². The number of hydrogen-bond acceptors (Lipinski definition) is 4. The summed E-state index contributed by atoms with van der Waals surface area (Å²) in [4.78, 5) is 6.12. The van der Waals surface area contributed by atoms with Crippen LogP contribution in [0, 0.1) is 0 Å². The van der Waals surface area contributed by atoms with Gasteiger partial charge in [0.15, 0.2) is 0 Å². The van der Waals surface area contributed by atoms with Crippen LogP contribution in [0.25, 0.3) is 0 Å². The first-order valence-corrected chi connectivity index (χ1v) is 9.84. The molecule has 1 aromatic carbocycles. The van der Waals surface area contributed by atoms with Gasteiger partial charge in [0, 0.05) is 38.4 Å². The normalized spacial score (nSPS) is 15.0. The molecule has 0 unspecified atom stereocenters. The van der Waals surface area contributed by atoms with E-state index in [9.17, 15) is 4.21 Å². The van der Waals surface area contributed by atoms with Crippen molar-refractivity contribution in [1.29, 1.82) is 0 Å². The number of fused-ring (bicyclic) bond motifs is 1. The van der Waals surface area contributed by atoms with Crippen LogP contribution in [0.3, 0.4) is 0 Å². The van der Waals surface area contributed by atoms with Crippen LogP contribution in [0.5, 0.6) is 0 Å². The summed E-state index contributed by atoms with van der Waals surface area (Å²) in [6, 6.07) is 5.78. The fourth-order valence-corrected chi connectivity index (χ4v) is 4.55. The first kappa shape index (κ1) is 15.0. The van der Waals surface area contributed by atoms with Gasteiger partial charge in [-0.15, -0.1) is 11.3 Å². The van der Waals surface area contributed by atoms with Crippen molar-refractivity contribution >= 4 is 39.4 Å². The molecule has 0 aliphatic heterocycles. The molecule has 1 N–H and O–H groups in total. The Morgan fingerprint density at radius 1 is 1.43 bits per heavy atom. The largest absolute Gasteiger partial charge is 0.379 e. The summed E-state index contributed by atoms with van der Waals surface area (Å²) in [7, 11) is -0.891. The smallest absolute Gasteiger partial charge is 0.112 e. The summed E-state index contributed by atoms with van der Waals surface area (Å²) >= 11 is 7.95. The molecule has 1 atom stereocenters. The minimum atomic E-state index is -0.891. The summed E-state index contributed by atoms with van der Waals surface area (Å²) in [5.41, 5.74) is 3.20. The van der Waals surface area contributed by atoms with Gasteiger partial charge in [-0.1, -0.05) is 11.6 Å². The molecule has 1 aliphatic carbocycles. The van der Waals surface area contributed by atoms with Gasteiger partial charge in [-0.2, -0.15) is 0 Å². The third kappa shape index (κ3) is 3.65. The minimum absolute atomic E-state index is 0.486. The number of aromatic nitrogens is 1. The Kier molecular flexibility index (Phi) is 4.62. The van der Waals surface area contributed by atoms with Crippen molar-refractivity contribution in [3.63, 3.8) is 0 Å². The Labute approximate surface area is 136 Å². The molecule has 0 amide bonds. The van der Waals surface area contributed by atoms with E-state index in [2.05, 4.69) is 10.3 Å². The Morgan fingerprint density at radius 3 is 3.05 bits per heavy atom. The van der Waals surface area contributed by atoms with Gasteiger partial charge < -0.3 is 5.32 Å². The maximum atomic E-state index is 11.4. The lowest BCUT2D eigenvalue weighted by Crippen LogP contribution is -2.01. The van der Waals surface area contributed by atoms with Crippen molar-refractivity contribution in [3.05, 3.63) is 44.4 Å². The fourth-order valence-electron chi connectivity index (χ4n) is 2.51. The SMILES string of the molecule is C[S@](=O)Cc1cc(NCc2nc3c(s2)CCC3)ccc1Cl. The van der Waals surface area contributed by atoms with Crippen molar-refractivity contribution in [2.45, 2.75) is 31.6 Å². The number of nitrogens with zero attached hydrogens (tertiary/aromatic N) is 1. The quantitative estimate of drug-likeness (QED) is 0.900. The van der Waals surface area contributed by atoms with Crippen molar-refractivity contribution < 1.29 is 4.21 Å². The van der Waals surface area contributed by atoms with E-state index in [0.717, 1.165) is 29.2 Å². The summed E-state index contributed by atoms with van der Waals surface area (Å²) in [5, 5.41) is 5.19. The molecular weight excluding hydrogens is 324 g/mol. The van der Waals surface area contributed by atoms with E-state index in [1.165, 1.54) is 23.4 Å². The molecule has 0 saturated carbocycles. The number of aryl methyl sites for hydroxylation is 2. The van der Waals surface area contributed by atoms with E-state index in [1.807, 2.05) is 29.5 Å². The molecule has 1 aliphatic rings. The van der Waals surface area contributed by atoms with Crippen LogP contribution in [0.1, 0.15) is 27.6 Å². The third-order valence-corrected chi connectivity index (χ3v) is 5.73. The maximum Gasteiger partial charge on any atom is 0.112 e. The highest BCUT2D eigenvalue weighted by Crippen LogP contribution is 2.28. The monoisotopic (exact) mass is 340 g/mol. The van der Waals surface area contributed by atoms with E-state index in [1.54, 1.807) is 6.26 Å². The average molecular weight is 341 g/mol. The standard InChI is InChI=1S/C15H17ClN2OS2/c1-21(19)9-10-7-11(5-6-12(10)16)17-8-15-18-13-3-2-4-14(13)20-15/h5-7,17H,2-4,8-9H2,1H3/t21-/m0/s1. The van der Waals surface area contributed by atoms with Crippen LogP contribution in [0.4, 0.5) is 5.69 Å². The van der Waals surface area contributed by atoms with Gasteiger partial charge in [-0.25, -0.2) is 4.98 Å². The first-order chi connectivity index (χ1) is 10.1. The van der Waals surface area contributed by atoms with Crippen molar-refractivity contribution in [2.24, 2.45) is 0 Å². The van der Waals surface area contributed by atoms with Crippen molar-refractivity contribution in [3.8, 4) is 0 Å². The zero-order chi connectivity index (χ0) is 14.8. The van der Waals surface area contributed by atoms with Crippen LogP contribution in [0.15, 0.2) is 18.2 Å². The topological polar surface area (TPSA) is 42.0 Å². The van der Waals surface area contributed by atoms with Crippen LogP contribution < -0.4 is 5.32 Å². The van der Waals surface area contributed by atoms with Gasteiger partial charge in [0.05, 0.1) is 12.2 Å². The zero-order valence-electron chi connectivity index (χ0n) is 11.8. The van der Waals surface area contributed by atoms with Gasteiger partial charge in [-0.05, 0) is 43.0 Å². The van der Waals surface area contributed by atoms with Gasteiger partial charge >= 0.3 is 0 Å². The number of rotatable bonds is 5. The van der Waals surface area contributed by atoms with E-state index < -0.39 is 10.8 Å². The van der Waals surface area contributed by atoms with E-state index in [4.69, 9.17) is 11.6 Å². The molecule has 112 valence electrons. The molecule has 21 heavy (non-hydrogen) atoms. The molecule has 0 saturated heterocycles. The summed E-state index contributed by atoms with van der Waals surface area (Å²) in [6.07, 6.45) is 5.24. The van der Waals surface area contributed by atoms with Crippen molar-refractivity contribution in [1.82, 2.24) is 4.98 Å². The van der Waals surface area contributed by atoms with Crippen LogP contribution >= 0.6 is 22.9 Å². The molecule has 3 rings (SSSR count). The second-order valence-electron chi connectivity index (χ2n) is 5.21. The highest BCUT2D eigenvalue weighted by molar-refractivity contribution is 7.83. The zero-order valence-corrected chi connectivity index (χ0v) is 14.2. The molecule has 6 heteroatoms. The molecular formula is C15H17ClN2OS2. The molecule has 0 spiro atoms. The second kappa shape index (κ2) is 6.46. The molecule has 0 fully saturated rings.